The van der Waals surface area contributed by atoms with Gasteiger partial charge in [0.2, 0.25) is 0 Å². The van der Waals surface area contributed by atoms with Crippen molar-refractivity contribution < 1.29 is 19.1 Å². The fourth-order valence-corrected chi connectivity index (χ4v) is 3.64. The maximum absolute atomic E-state index is 12.5. The third kappa shape index (κ3) is 6.26. The van der Waals surface area contributed by atoms with Gasteiger partial charge in [-0.3, -0.25) is 9.59 Å². The molecule has 0 aliphatic carbocycles. The Balaban J connectivity index is 1.57. The van der Waals surface area contributed by atoms with E-state index in [0.717, 1.165) is 29.7 Å². The number of nitrogens with one attached hydrogen (secondary N) is 2. The third-order valence-electron chi connectivity index (χ3n) is 5.16. The molecule has 0 aromatic heterocycles. The van der Waals surface area contributed by atoms with Gasteiger partial charge in [0.15, 0.2) is 6.61 Å². The van der Waals surface area contributed by atoms with Crippen molar-refractivity contribution in [3.8, 4) is 11.5 Å². The number of hydrogen-bond acceptors (Lipinski definition) is 4. The molecular formula is C26H27ClN2O4. The number of benzene rings is 3. The number of carbonyl (C=O) groups excluding carboxylic acids is 2. The second-order valence-corrected chi connectivity index (χ2v) is 7.73. The minimum absolute atomic E-state index is 0.128. The number of ether oxygens (including phenoxy) is 2. The number of hydrogen-bond donors (Lipinski definition) is 2. The highest BCUT2D eigenvalue weighted by Gasteiger charge is 2.12. The molecule has 3 aromatic carbocycles. The Morgan fingerprint density at radius 2 is 1.58 bits per heavy atom. The highest BCUT2D eigenvalue weighted by Crippen LogP contribution is 2.27. The Kier molecular flexibility index (Phi) is 8.33. The minimum atomic E-state index is -0.288. The normalized spacial score (nSPS) is 10.4. The Bertz CT molecular complexity index is 1110. The zero-order valence-electron chi connectivity index (χ0n) is 18.9. The van der Waals surface area contributed by atoms with E-state index in [9.17, 15) is 9.59 Å². The lowest BCUT2D eigenvalue weighted by atomic mass is 10.0. The monoisotopic (exact) mass is 466 g/mol. The van der Waals surface area contributed by atoms with E-state index in [1.807, 2.05) is 18.2 Å². The topological polar surface area (TPSA) is 76.7 Å². The van der Waals surface area contributed by atoms with Gasteiger partial charge in [0, 0.05) is 16.9 Å². The maximum Gasteiger partial charge on any atom is 0.262 e. The Morgan fingerprint density at radius 3 is 2.15 bits per heavy atom. The zero-order chi connectivity index (χ0) is 23.8. The second-order valence-electron chi connectivity index (χ2n) is 7.32. The summed E-state index contributed by atoms with van der Waals surface area (Å²) in [6.07, 6.45) is 1.66. The van der Waals surface area contributed by atoms with Crippen LogP contribution in [-0.2, 0) is 17.6 Å². The number of rotatable bonds is 9. The molecule has 0 saturated carbocycles. The van der Waals surface area contributed by atoms with Crippen LogP contribution >= 0.6 is 11.6 Å². The highest BCUT2D eigenvalue weighted by atomic mass is 35.5. The summed E-state index contributed by atoms with van der Waals surface area (Å²) in [5.41, 5.74) is 4.05. The lowest BCUT2D eigenvalue weighted by molar-refractivity contribution is -0.118. The van der Waals surface area contributed by atoms with Gasteiger partial charge in [-0.2, -0.15) is 0 Å². The predicted molar refractivity (Wildman–Crippen MR) is 132 cm³/mol. The van der Waals surface area contributed by atoms with E-state index in [4.69, 9.17) is 21.1 Å². The standard InChI is InChI=1S/C26H27ClN2O4/c1-4-17-7-6-8-18(5-2)25(17)29-24(30)16-33-21-12-9-19(10-13-21)26(31)28-20-11-14-23(32-3)22(27)15-20/h6-15H,4-5,16H2,1-3H3,(H,28,31)(H,29,30). The molecule has 2 amide bonds. The van der Waals surface area contributed by atoms with Gasteiger partial charge in [-0.05, 0) is 66.4 Å². The molecule has 3 aromatic rings. The Labute approximate surface area is 198 Å². The molecule has 0 heterocycles. The first-order valence-corrected chi connectivity index (χ1v) is 11.1. The van der Waals surface area contributed by atoms with Crippen molar-refractivity contribution in [1.82, 2.24) is 0 Å². The van der Waals surface area contributed by atoms with Crippen LogP contribution in [0.4, 0.5) is 11.4 Å². The summed E-state index contributed by atoms with van der Waals surface area (Å²) in [6, 6.07) is 17.6. The van der Waals surface area contributed by atoms with E-state index in [2.05, 4.69) is 24.5 Å². The van der Waals surface area contributed by atoms with Gasteiger partial charge < -0.3 is 20.1 Å². The van der Waals surface area contributed by atoms with Crippen molar-refractivity contribution in [3.05, 3.63) is 82.4 Å². The molecule has 0 radical (unpaired) electrons. The fraction of sp³-hybridized carbons (Fsp3) is 0.231. The van der Waals surface area contributed by atoms with Crippen LogP contribution in [-0.4, -0.2) is 25.5 Å². The summed E-state index contributed by atoms with van der Waals surface area (Å²) in [5, 5.41) is 6.17. The molecule has 2 N–H and O–H groups in total. The molecule has 0 fully saturated rings. The summed E-state index contributed by atoms with van der Waals surface area (Å²) in [4.78, 5) is 24.9. The molecule has 7 heteroatoms. The SMILES string of the molecule is CCc1cccc(CC)c1NC(=O)COc1ccc(C(=O)Nc2ccc(OC)c(Cl)c2)cc1. The largest absolute Gasteiger partial charge is 0.495 e. The van der Waals surface area contributed by atoms with E-state index in [1.165, 1.54) is 7.11 Å². The van der Waals surface area contributed by atoms with Crippen molar-refractivity contribution in [3.63, 3.8) is 0 Å². The number of methoxy groups -OCH3 is 1. The van der Waals surface area contributed by atoms with Crippen molar-refractivity contribution >= 4 is 34.8 Å². The summed E-state index contributed by atoms with van der Waals surface area (Å²) in [7, 11) is 1.53. The molecule has 0 saturated heterocycles. The highest BCUT2D eigenvalue weighted by molar-refractivity contribution is 6.32. The van der Waals surface area contributed by atoms with Crippen LogP contribution in [0.15, 0.2) is 60.7 Å². The van der Waals surface area contributed by atoms with Crippen LogP contribution < -0.4 is 20.1 Å². The quantitative estimate of drug-likeness (QED) is 0.421. The molecule has 6 nitrogen and oxygen atoms in total. The molecular weight excluding hydrogens is 440 g/mol. The maximum atomic E-state index is 12.5. The number of halogens is 1. The molecule has 0 spiro atoms. The molecule has 0 unspecified atom stereocenters. The van der Waals surface area contributed by atoms with Crippen LogP contribution in [0.25, 0.3) is 0 Å². The van der Waals surface area contributed by atoms with Crippen LogP contribution in [0.5, 0.6) is 11.5 Å². The summed E-state index contributed by atoms with van der Waals surface area (Å²) in [6.45, 7) is 3.99. The van der Waals surface area contributed by atoms with Gasteiger partial charge in [-0.25, -0.2) is 0 Å². The van der Waals surface area contributed by atoms with Gasteiger partial charge in [-0.15, -0.1) is 0 Å². The van der Waals surface area contributed by atoms with Crippen LogP contribution in [0.2, 0.25) is 5.02 Å². The number of para-hydroxylation sites is 1. The van der Waals surface area contributed by atoms with Gasteiger partial charge in [0.25, 0.3) is 11.8 Å². The van der Waals surface area contributed by atoms with Crippen LogP contribution in [0.3, 0.4) is 0 Å². The number of carbonyl (C=O) groups is 2. The Morgan fingerprint density at radius 1 is 0.909 bits per heavy atom. The zero-order valence-corrected chi connectivity index (χ0v) is 19.7. The predicted octanol–water partition coefficient (Wildman–Crippen LogP) is 5.74. The molecule has 172 valence electrons. The molecule has 0 bridgehead atoms. The van der Waals surface area contributed by atoms with E-state index in [0.29, 0.717) is 27.8 Å². The Hall–Kier alpha value is -3.51. The second kappa shape index (κ2) is 11.4. The first-order chi connectivity index (χ1) is 15.9. The first-order valence-electron chi connectivity index (χ1n) is 10.7. The van der Waals surface area contributed by atoms with Gasteiger partial charge >= 0.3 is 0 Å². The average Bonchev–Trinajstić information content (AvgIpc) is 2.83. The number of aryl methyl sites for hydroxylation is 2. The molecule has 0 aliphatic heterocycles. The lowest BCUT2D eigenvalue weighted by Gasteiger charge is -2.15. The molecule has 3 rings (SSSR count). The van der Waals surface area contributed by atoms with Crippen molar-refractivity contribution in [2.24, 2.45) is 0 Å². The van der Waals surface area contributed by atoms with Crippen LogP contribution in [0, 0.1) is 0 Å². The number of amides is 2. The van der Waals surface area contributed by atoms with E-state index >= 15 is 0 Å². The first kappa shape index (κ1) is 24.1. The van der Waals surface area contributed by atoms with Gasteiger partial charge in [-0.1, -0.05) is 43.6 Å². The van der Waals surface area contributed by atoms with Crippen molar-refractivity contribution in [1.29, 1.82) is 0 Å². The third-order valence-corrected chi connectivity index (χ3v) is 5.45. The van der Waals surface area contributed by atoms with E-state index in [-0.39, 0.29) is 18.4 Å². The summed E-state index contributed by atoms with van der Waals surface area (Å²) >= 11 is 6.10. The van der Waals surface area contributed by atoms with E-state index in [1.54, 1.807) is 42.5 Å². The minimum Gasteiger partial charge on any atom is -0.495 e. The molecule has 0 aliphatic rings. The number of anilines is 2. The summed E-state index contributed by atoms with van der Waals surface area (Å²) in [5.74, 6) is 0.505. The average molecular weight is 467 g/mol. The van der Waals surface area contributed by atoms with Crippen molar-refractivity contribution in [2.45, 2.75) is 26.7 Å². The summed E-state index contributed by atoms with van der Waals surface area (Å²) < 4.78 is 10.7. The lowest BCUT2D eigenvalue weighted by Crippen LogP contribution is -2.21. The molecule has 0 atom stereocenters. The fourth-order valence-electron chi connectivity index (χ4n) is 3.38. The van der Waals surface area contributed by atoms with Crippen LogP contribution in [0.1, 0.15) is 35.3 Å². The van der Waals surface area contributed by atoms with Gasteiger partial charge in [0.1, 0.15) is 11.5 Å². The smallest absolute Gasteiger partial charge is 0.262 e. The van der Waals surface area contributed by atoms with Gasteiger partial charge in [0.05, 0.1) is 12.1 Å². The van der Waals surface area contributed by atoms with Crippen molar-refractivity contribution in [2.75, 3.05) is 24.4 Å². The van der Waals surface area contributed by atoms with E-state index < -0.39 is 0 Å². The molecule has 33 heavy (non-hydrogen) atoms.